The van der Waals surface area contributed by atoms with Crippen LogP contribution in [0.15, 0.2) is 36.5 Å². The number of aliphatic hydroxyl groups is 2. The third-order valence-corrected chi connectivity index (χ3v) is 8.18. The Kier molecular flexibility index (Phi) is 27.3. The molecule has 0 aliphatic carbocycles. The number of hydrogen-bond acceptors (Lipinski definition) is 5. The minimum Gasteiger partial charge on any atom is -0.387 e. The monoisotopic (exact) mass is 613 g/mol. The van der Waals surface area contributed by atoms with Crippen LogP contribution in [0.25, 0.3) is 0 Å². The molecule has 0 rings (SSSR count). The Labute approximate surface area is 258 Å². The van der Waals surface area contributed by atoms with E-state index in [1.165, 1.54) is 76.7 Å². The maximum atomic E-state index is 12.5. The van der Waals surface area contributed by atoms with Crippen molar-refractivity contribution >= 4 is 16.0 Å². The van der Waals surface area contributed by atoms with Gasteiger partial charge in [0.1, 0.15) is 6.10 Å². The van der Waals surface area contributed by atoms with Crippen molar-refractivity contribution < 1.29 is 28.0 Å². The van der Waals surface area contributed by atoms with Crippen LogP contribution in [0.5, 0.6) is 0 Å². The van der Waals surface area contributed by atoms with Crippen molar-refractivity contribution in [1.29, 1.82) is 0 Å². The summed E-state index contributed by atoms with van der Waals surface area (Å²) in [7, 11) is -4.44. The highest BCUT2D eigenvalue weighted by Crippen LogP contribution is 2.12. The molecule has 1 amide bonds. The lowest BCUT2D eigenvalue weighted by Gasteiger charge is -2.22. The Hall–Kier alpha value is -1.48. The van der Waals surface area contributed by atoms with Crippen LogP contribution in [-0.2, 0) is 14.9 Å². The fourth-order valence-electron chi connectivity index (χ4n) is 4.76. The van der Waals surface area contributed by atoms with E-state index in [2.05, 4.69) is 43.5 Å². The zero-order valence-electron chi connectivity index (χ0n) is 26.7. The second-order valence-electron chi connectivity index (χ2n) is 11.6. The van der Waals surface area contributed by atoms with Crippen molar-refractivity contribution in [2.45, 2.75) is 167 Å². The molecule has 0 aromatic carbocycles. The molecule has 0 aliphatic rings. The lowest BCUT2D eigenvalue weighted by Crippen LogP contribution is -2.50. The second-order valence-corrected chi connectivity index (χ2v) is 13.1. The van der Waals surface area contributed by atoms with Gasteiger partial charge in [0.05, 0.1) is 17.9 Å². The lowest BCUT2D eigenvalue weighted by atomic mass is 10.1. The Morgan fingerprint density at radius 2 is 1.07 bits per heavy atom. The van der Waals surface area contributed by atoms with E-state index in [1.54, 1.807) is 6.08 Å². The predicted octanol–water partition coefficient (Wildman–Crippen LogP) is 7.98. The molecule has 3 unspecified atom stereocenters. The Balaban J connectivity index is 4.22. The minimum absolute atomic E-state index is 0.259. The molecular formula is C34H63NO6S. The standard InChI is InChI=1S/C34H63NO6S/c1-3-5-7-9-11-13-15-16-17-18-19-21-23-25-27-29-33(37)34(38)35-31(30-42(39,40)41)32(36)28-26-24-22-20-14-12-10-8-6-4-2/h14,17-18,20,26,28,31-33,36-37H,3-13,15-16,19,21-25,27,29-30H2,1-2H3,(H,35,38)(H,39,40,41)/b18-17-,20-14+,28-26+. The van der Waals surface area contributed by atoms with E-state index >= 15 is 0 Å². The van der Waals surface area contributed by atoms with Crippen molar-refractivity contribution in [1.82, 2.24) is 5.32 Å². The first-order chi connectivity index (χ1) is 20.2. The van der Waals surface area contributed by atoms with Crippen molar-refractivity contribution in [3.8, 4) is 0 Å². The van der Waals surface area contributed by atoms with E-state index in [0.29, 0.717) is 12.8 Å². The third kappa shape index (κ3) is 27.4. The number of unbranched alkanes of at least 4 members (excludes halogenated alkanes) is 16. The van der Waals surface area contributed by atoms with Gasteiger partial charge >= 0.3 is 0 Å². The number of hydrogen-bond donors (Lipinski definition) is 4. The first kappa shape index (κ1) is 40.5. The SMILES string of the molecule is CCCCCC/C=C/CC/C=C/C(O)C(CS(=O)(=O)O)NC(=O)C(O)CCCCCC/C=C\CCCCCCCCC. The smallest absolute Gasteiger partial charge is 0.267 e. The van der Waals surface area contributed by atoms with Gasteiger partial charge in [0.15, 0.2) is 0 Å². The minimum atomic E-state index is -4.44. The Morgan fingerprint density at radius 1 is 0.643 bits per heavy atom. The van der Waals surface area contributed by atoms with Gasteiger partial charge in [-0.15, -0.1) is 0 Å². The van der Waals surface area contributed by atoms with Gasteiger partial charge < -0.3 is 15.5 Å². The van der Waals surface area contributed by atoms with Gasteiger partial charge in [-0.2, -0.15) is 8.42 Å². The molecule has 42 heavy (non-hydrogen) atoms. The topological polar surface area (TPSA) is 124 Å². The maximum absolute atomic E-state index is 12.5. The number of aliphatic hydroxyl groups excluding tert-OH is 2. The normalized spacial score (nSPS) is 14.7. The van der Waals surface area contributed by atoms with Crippen molar-refractivity contribution in [3.63, 3.8) is 0 Å². The molecule has 0 bridgehead atoms. The summed E-state index contributed by atoms with van der Waals surface area (Å²) in [5.74, 6) is -1.57. The highest BCUT2D eigenvalue weighted by molar-refractivity contribution is 7.85. The molecule has 7 nitrogen and oxygen atoms in total. The van der Waals surface area contributed by atoms with E-state index < -0.39 is 40.0 Å². The van der Waals surface area contributed by atoms with Gasteiger partial charge in [0.25, 0.3) is 10.1 Å². The van der Waals surface area contributed by atoms with Crippen molar-refractivity contribution in [3.05, 3.63) is 36.5 Å². The fourth-order valence-corrected chi connectivity index (χ4v) is 5.49. The molecule has 0 saturated carbocycles. The summed E-state index contributed by atoms with van der Waals surface area (Å²) >= 11 is 0. The summed E-state index contributed by atoms with van der Waals surface area (Å²) in [4.78, 5) is 12.5. The summed E-state index contributed by atoms with van der Waals surface area (Å²) < 4.78 is 32.2. The molecule has 0 aromatic heterocycles. The highest BCUT2D eigenvalue weighted by Gasteiger charge is 2.27. The molecular weight excluding hydrogens is 550 g/mol. The van der Waals surface area contributed by atoms with Crippen LogP contribution in [-0.4, -0.2) is 53.1 Å². The summed E-state index contributed by atoms with van der Waals surface area (Å²) in [6, 6.07) is -1.25. The highest BCUT2D eigenvalue weighted by atomic mass is 32.2. The molecule has 0 fully saturated rings. The first-order valence-electron chi connectivity index (χ1n) is 16.8. The summed E-state index contributed by atoms with van der Waals surface area (Å²) in [5, 5.41) is 23.1. The Morgan fingerprint density at radius 3 is 1.60 bits per heavy atom. The second kappa shape index (κ2) is 28.3. The van der Waals surface area contributed by atoms with Gasteiger partial charge in [-0.3, -0.25) is 9.35 Å². The third-order valence-electron chi connectivity index (χ3n) is 7.40. The van der Waals surface area contributed by atoms with Crippen molar-refractivity contribution in [2.24, 2.45) is 0 Å². The average molecular weight is 614 g/mol. The van der Waals surface area contributed by atoms with Crippen LogP contribution in [0.3, 0.4) is 0 Å². The first-order valence-corrected chi connectivity index (χ1v) is 18.4. The van der Waals surface area contributed by atoms with E-state index in [0.717, 1.165) is 44.9 Å². The zero-order valence-corrected chi connectivity index (χ0v) is 27.5. The molecule has 0 radical (unpaired) electrons. The fraction of sp³-hybridized carbons (Fsp3) is 0.794. The van der Waals surface area contributed by atoms with Gasteiger partial charge in [0.2, 0.25) is 5.91 Å². The molecule has 3 atom stereocenters. The number of carbonyl (C=O) groups is 1. The van der Waals surface area contributed by atoms with Crippen molar-refractivity contribution in [2.75, 3.05) is 5.75 Å². The summed E-state index contributed by atoms with van der Waals surface area (Å²) in [6.45, 7) is 4.43. The number of nitrogens with one attached hydrogen (secondary N) is 1. The van der Waals surface area contributed by atoms with Crippen LogP contribution in [0.1, 0.15) is 149 Å². The molecule has 246 valence electrons. The van der Waals surface area contributed by atoms with E-state index in [-0.39, 0.29) is 6.42 Å². The van der Waals surface area contributed by atoms with E-state index in [9.17, 15) is 28.0 Å². The molecule has 0 heterocycles. The molecule has 0 saturated heterocycles. The van der Waals surface area contributed by atoms with E-state index in [4.69, 9.17) is 0 Å². The molecule has 4 N–H and O–H groups in total. The predicted molar refractivity (Wildman–Crippen MR) is 176 cm³/mol. The van der Waals surface area contributed by atoms with Crippen LogP contribution in [0.2, 0.25) is 0 Å². The number of carbonyl (C=O) groups excluding carboxylic acids is 1. The van der Waals surface area contributed by atoms with Crippen LogP contribution in [0.4, 0.5) is 0 Å². The summed E-state index contributed by atoms with van der Waals surface area (Å²) in [5.41, 5.74) is 0. The largest absolute Gasteiger partial charge is 0.387 e. The van der Waals surface area contributed by atoms with Crippen LogP contribution >= 0.6 is 0 Å². The number of amides is 1. The average Bonchev–Trinajstić information content (AvgIpc) is 2.94. The Bertz CT molecular complexity index is 824. The lowest BCUT2D eigenvalue weighted by molar-refractivity contribution is -0.130. The van der Waals surface area contributed by atoms with Crippen LogP contribution in [0, 0.1) is 0 Å². The zero-order chi connectivity index (χ0) is 31.3. The van der Waals surface area contributed by atoms with E-state index in [1.807, 2.05) is 0 Å². The number of allylic oxidation sites excluding steroid dienone is 5. The molecule has 0 spiro atoms. The van der Waals surface area contributed by atoms with Gasteiger partial charge in [0, 0.05) is 0 Å². The molecule has 8 heteroatoms. The quantitative estimate of drug-likeness (QED) is 0.0385. The number of rotatable bonds is 29. The maximum Gasteiger partial charge on any atom is 0.267 e. The molecule has 0 aromatic rings. The van der Waals surface area contributed by atoms with Crippen LogP contribution < -0.4 is 5.32 Å². The van der Waals surface area contributed by atoms with Gasteiger partial charge in [-0.1, -0.05) is 127 Å². The van der Waals surface area contributed by atoms with Gasteiger partial charge in [-0.25, -0.2) is 0 Å². The summed E-state index contributed by atoms with van der Waals surface area (Å²) in [6.07, 6.45) is 32.1. The molecule has 0 aliphatic heterocycles. The van der Waals surface area contributed by atoms with Gasteiger partial charge in [-0.05, 0) is 57.8 Å².